The lowest BCUT2D eigenvalue weighted by molar-refractivity contribution is -0.384. The van der Waals surface area contributed by atoms with Crippen LogP contribution in [0.5, 0.6) is 11.5 Å². The largest absolute Gasteiger partial charge is 0.504 e. The van der Waals surface area contributed by atoms with Gasteiger partial charge in [-0.3, -0.25) is 10.1 Å². The van der Waals surface area contributed by atoms with Gasteiger partial charge in [0.05, 0.1) is 4.92 Å². The minimum Gasteiger partial charge on any atom is -0.504 e. The smallest absolute Gasteiger partial charge is 0.269 e. The fourth-order valence-electron chi connectivity index (χ4n) is 3.08. The summed E-state index contributed by atoms with van der Waals surface area (Å²) in [4.78, 5) is 10.2. The molecule has 174 valence electrons. The van der Waals surface area contributed by atoms with E-state index in [1.807, 2.05) is 18.2 Å². The van der Waals surface area contributed by atoms with Crippen LogP contribution in [0.3, 0.4) is 0 Å². The Kier molecular flexibility index (Phi) is 16.0. The van der Waals surface area contributed by atoms with E-state index in [1.165, 1.54) is 18.9 Å². The van der Waals surface area contributed by atoms with Gasteiger partial charge >= 0.3 is 0 Å². The fraction of sp³-hybridized carbons (Fsp3) is 0.455. The normalized spacial score (nSPS) is 10.2. The lowest BCUT2D eigenvalue weighted by atomic mass is 10.1. The molecule has 0 aromatic heterocycles. The van der Waals surface area contributed by atoms with Gasteiger partial charge in [0.25, 0.3) is 5.69 Å². The molecule has 2 aromatic carbocycles. The number of rotatable bonds is 14. The molecule has 0 aliphatic rings. The molecule has 2 aromatic rings. The van der Waals surface area contributed by atoms with Gasteiger partial charge in [-0.05, 0) is 75.1 Å². The summed E-state index contributed by atoms with van der Waals surface area (Å²) < 4.78 is 0. The molecule has 0 unspecified atom stereocenters. The van der Waals surface area contributed by atoms with Gasteiger partial charge in [0.2, 0.25) is 0 Å². The first-order valence-electron chi connectivity index (χ1n) is 10.2. The lowest BCUT2D eigenvalue weighted by Crippen LogP contribution is -2.19. The number of halogens is 2. The molecular weight excluding hydrogens is 530 g/mol. The van der Waals surface area contributed by atoms with Gasteiger partial charge in [-0.2, -0.15) is 0 Å². The highest BCUT2D eigenvalue weighted by molar-refractivity contribution is 8.93. The maximum atomic E-state index is 10.6. The maximum absolute atomic E-state index is 10.6. The molecule has 0 atom stereocenters. The number of hydrogen-bond acceptors (Lipinski definition) is 6. The number of unbranched alkanes of at least 4 members (excludes halogenated alkanes) is 3. The minimum absolute atomic E-state index is 0. The lowest BCUT2D eigenvalue weighted by Gasteiger charge is -2.07. The minimum atomic E-state index is -0.376. The van der Waals surface area contributed by atoms with Crippen molar-refractivity contribution in [1.29, 1.82) is 0 Å². The molecule has 0 radical (unpaired) electrons. The number of non-ortho nitro benzene ring substituents is 1. The third-order valence-corrected chi connectivity index (χ3v) is 4.82. The molecule has 0 aliphatic heterocycles. The van der Waals surface area contributed by atoms with E-state index in [2.05, 4.69) is 10.6 Å². The number of phenolic OH excluding ortho intramolecular Hbond substituents is 2. The molecule has 31 heavy (non-hydrogen) atoms. The van der Waals surface area contributed by atoms with Crippen LogP contribution in [-0.2, 0) is 12.8 Å². The Hall–Kier alpha value is -1.68. The number of phenols is 2. The second kappa shape index (κ2) is 16.9. The summed E-state index contributed by atoms with van der Waals surface area (Å²) in [5.41, 5.74) is 2.25. The molecule has 0 spiro atoms. The van der Waals surface area contributed by atoms with Crippen LogP contribution in [0.25, 0.3) is 0 Å². The van der Waals surface area contributed by atoms with Gasteiger partial charge in [0.15, 0.2) is 11.5 Å². The van der Waals surface area contributed by atoms with Gasteiger partial charge in [0, 0.05) is 12.1 Å². The molecule has 7 nitrogen and oxygen atoms in total. The molecule has 4 N–H and O–H groups in total. The first-order chi connectivity index (χ1) is 14.1. The average Bonchev–Trinajstić information content (AvgIpc) is 2.71. The predicted molar refractivity (Wildman–Crippen MR) is 135 cm³/mol. The fourth-order valence-corrected chi connectivity index (χ4v) is 3.08. The van der Waals surface area contributed by atoms with Crippen molar-refractivity contribution >= 4 is 39.7 Å². The number of aromatic hydroxyl groups is 2. The second-order valence-corrected chi connectivity index (χ2v) is 7.16. The maximum Gasteiger partial charge on any atom is 0.269 e. The number of hydrogen-bond donors (Lipinski definition) is 4. The molecule has 2 rings (SSSR count). The Morgan fingerprint density at radius 3 is 1.74 bits per heavy atom. The number of nitrogens with zero attached hydrogens (tertiary/aromatic N) is 1. The zero-order valence-electron chi connectivity index (χ0n) is 17.6. The van der Waals surface area contributed by atoms with E-state index in [0.717, 1.165) is 63.0 Å². The van der Waals surface area contributed by atoms with Gasteiger partial charge < -0.3 is 20.8 Å². The van der Waals surface area contributed by atoms with Crippen molar-refractivity contribution < 1.29 is 15.1 Å². The molecule has 0 amide bonds. The highest BCUT2D eigenvalue weighted by Gasteiger charge is 2.03. The van der Waals surface area contributed by atoms with Crippen molar-refractivity contribution in [1.82, 2.24) is 10.6 Å². The summed E-state index contributed by atoms with van der Waals surface area (Å²) in [7, 11) is 0. The van der Waals surface area contributed by atoms with Crippen LogP contribution >= 0.6 is 34.0 Å². The molecule has 0 aliphatic carbocycles. The quantitative estimate of drug-likeness (QED) is 0.115. The molecule has 0 fully saturated rings. The monoisotopic (exact) mass is 561 g/mol. The van der Waals surface area contributed by atoms with E-state index >= 15 is 0 Å². The van der Waals surface area contributed by atoms with Gasteiger partial charge in [-0.15, -0.1) is 34.0 Å². The first-order valence-corrected chi connectivity index (χ1v) is 10.2. The summed E-state index contributed by atoms with van der Waals surface area (Å²) in [5, 5.41) is 36.2. The predicted octanol–water partition coefficient (Wildman–Crippen LogP) is 4.69. The average molecular weight is 563 g/mol. The third kappa shape index (κ3) is 12.1. The summed E-state index contributed by atoms with van der Waals surface area (Å²) >= 11 is 0. The number of nitrogens with one attached hydrogen (secondary N) is 2. The standard InChI is InChI=1S/C22H31N3O4.2BrH/c26-21-10-7-19(17-22(21)27)12-16-24-14-4-2-1-3-13-23-15-11-18-5-8-20(9-6-18)25(28)29;;/h5-10,17,23-24,26-27H,1-4,11-16H2;2*1H. The summed E-state index contributed by atoms with van der Waals surface area (Å²) in [6, 6.07) is 11.7. The number of nitro benzene ring substituents is 1. The van der Waals surface area contributed by atoms with Crippen LogP contribution in [0.1, 0.15) is 36.8 Å². The molecule has 9 heteroatoms. The van der Waals surface area contributed by atoms with Crippen molar-refractivity contribution in [3.63, 3.8) is 0 Å². The van der Waals surface area contributed by atoms with Crippen LogP contribution in [-0.4, -0.2) is 41.3 Å². The van der Waals surface area contributed by atoms with Crippen LogP contribution in [0.4, 0.5) is 5.69 Å². The SMILES string of the molecule is Br.Br.O=[N+]([O-])c1ccc(CCNCCCCCCNCCc2ccc(O)c(O)c2)cc1. The highest BCUT2D eigenvalue weighted by atomic mass is 79.9. The van der Waals surface area contributed by atoms with Gasteiger partial charge in [-0.1, -0.05) is 31.0 Å². The first kappa shape index (κ1) is 29.3. The van der Waals surface area contributed by atoms with Crippen molar-refractivity contribution in [2.75, 3.05) is 26.2 Å². The number of nitro groups is 1. The molecular formula is C22H33Br2N3O4. The second-order valence-electron chi connectivity index (χ2n) is 7.16. The van der Waals surface area contributed by atoms with E-state index in [4.69, 9.17) is 0 Å². The van der Waals surface area contributed by atoms with E-state index < -0.39 is 0 Å². The summed E-state index contributed by atoms with van der Waals surface area (Å²) in [5.74, 6) is -0.147. The van der Waals surface area contributed by atoms with Crippen LogP contribution in [0.15, 0.2) is 42.5 Å². The van der Waals surface area contributed by atoms with Crippen molar-refractivity contribution in [2.45, 2.75) is 38.5 Å². The van der Waals surface area contributed by atoms with Crippen LogP contribution in [0, 0.1) is 10.1 Å². The van der Waals surface area contributed by atoms with Crippen LogP contribution < -0.4 is 10.6 Å². The Morgan fingerprint density at radius 1 is 0.710 bits per heavy atom. The third-order valence-electron chi connectivity index (χ3n) is 4.82. The van der Waals surface area contributed by atoms with E-state index in [0.29, 0.717) is 0 Å². The number of benzene rings is 2. The van der Waals surface area contributed by atoms with E-state index in [9.17, 15) is 20.3 Å². The molecule has 0 bridgehead atoms. The Morgan fingerprint density at radius 2 is 1.23 bits per heavy atom. The zero-order valence-corrected chi connectivity index (χ0v) is 21.0. The van der Waals surface area contributed by atoms with Crippen molar-refractivity contribution in [2.24, 2.45) is 0 Å². The molecule has 0 saturated carbocycles. The Labute approximate surface area is 205 Å². The summed E-state index contributed by atoms with van der Waals surface area (Å²) in [6.07, 6.45) is 6.37. The van der Waals surface area contributed by atoms with Gasteiger partial charge in [-0.25, -0.2) is 0 Å². The highest BCUT2D eigenvalue weighted by Crippen LogP contribution is 2.24. The van der Waals surface area contributed by atoms with E-state index in [1.54, 1.807) is 18.2 Å². The Balaban J connectivity index is 0.00000450. The van der Waals surface area contributed by atoms with Crippen LogP contribution in [0.2, 0.25) is 0 Å². The van der Waals surface area contributed by atoms with Crippen molar-refractivity contribution in [3.8, 4) is 11.5 Å². The van der Waals surface area contributed by atoms with E-state index in [-0.39, 0.29) is 56.1 Å². The van der Waals surface area contributed by atoms with Crippen molar-refractivity contribution in [3.05, 3.63) is 63.7 Å². The Bertz CT molecular complexity index is 761. The molecule has 0 heterocycles. The molecule has 0 saturated heterocycles. The zero-order chi connectivity index (χ0) is 20.9. The van der Waals surface area contributed by atoms with Gasteiger partial charge in [0.1, 0.15) is 0 Å². The topological polar surface area (TPSA) is 108 Å². The summed E-state index contributed by atoms with van der Waals surface area (Å²) in [6.45, 7) is 3.71.